The Morgan fingerprint density at radius 1 is 0.880 bits per heavy atom. The third-order valence-electron chi connectivity index (χ3n) is 3.99. The van der Waals surface area contributed by atoms with Crippen LogP contribution in [0.25, 0.3) is 11.1 Å². The van der Waals surface area contributed by atoms with Gasteiger partial charge < -0.3 is 14.5 Å². The van der Waals surface area contributed by atoms with E-state index in [1.165, 1.54) is 0 Å². The predicted molar refractivity (Wildman–Crippen MR) is 99.0 cm³/mol. The molecule has 0 aliphatic carbocycles. The van der Waals surface area contributed by atoms with E-state index in [2.05, 4.69) is 17.2 Å². The van der Waals surface area contributed by atoms with E-state index in [-0.39, 0.29) is 6.04 Å². The van der Waals surface area contributed by atoms with E-state index in [1.807, 2.05) is 78.9 Å². The third-order valence-corrected chi connectivity index (χ3v) is 3.99. The van der Waals surface area contributed by atoms with Crippen LogP contribution in [-0.4, -0.2) is 4.98 Å². The zero-order valence-electron chi connectivity index (χ0n) is 13.8. The molecule has 0 aliphatic heterocycles. The van der Waals surface area contributed by atoms with Crippen LogP contribution in [0.1, 0.15) is 18.5 Å². The van der Waals surface area contributed by atoms with Crippen LogP contribution in [0.4, 0.5) is 6.01 Å². The second kappa shape index (κ2) is 6.69. The Balaban J connectivity index is 1.58. The summed E-state index contributed by atoms with van der Waals surface area (Å²) in [4.78, 5) is 4.47. The van der Waals surface area contributed by atoms with Crippen molar-refractivity contribution >= 4 is 17.1 Å². The number of anilines is 1. The first-order valence-corrected chi connectivity index (χ1v) is 8.23. The summed E-state index contributed by atoms with van der Waals surface area (Å²) in [6.45, 7) is 2.06. The molecule has 1 atom stereocenters. The number of para-hydroxylation sites is 4. The van der Waals surface area contributed by atoms with Crippen LogP contribution in [0.2, 0.25) is 0 Å². The van der Waals surface area contributed by atoms with Gasteiger partial charge in [-0.3, -0.25) is 0 Å². The van der Waals surface area contributed by atoms with Crippen molar-refractivity contribution < 1.29 is 9.15 Å². The van der Waals surface area contributed by atoms with Gasteiger partial charge >= 0.3 is 0 Å². The predicted octanol–water partition coefficient (Wildman–Crippen LogP) is 5.79. The summed E-state index contributed by atoms with van der Waals surface area (Å²) >= 11 is 0. The van der Waals surface area contributed by atoms with Crippen LogP contribution in [0, 0.1) is 0 Å². The molecule has 3 aromatic carbocycles. The average Bonchev–Trinajstić information content (AvgIpc) is 3.05. The fourth-order valence-corrected chi connectivity index (χ4v) is 2.74. The molecule has 1 aromatic heterocycles. The molecular formula is C21H18N2O2. The Bertz CT molecular complexity index is 946. The maximum absolute atomic E-state index is 6.04. The molecule has 0 amide bonds. The van der Waals surface area contributed by atoms with E-state index < -0.39 is 0 Å². The normalized spacial score (nSPS) is 12.0. The van der Waals surface area contributed by atoms with Gasteiger partial charge in [-0.05, 0) is 37.3 Å². The van der Waals surface area contributed by atoms with Crippen molar-refractivity contribution in [3.8, 4) is 11.5 Å². The number of nitrogens with zero attached hydrogens (tertiary/aromatic N) is 1. The number of hydrogen-bond donors (Lipinski definition) is 1. The minimum Gasteiger partial charge on any atom is -0.457 e. The Hall–Kier alpha value is -3.27. The molecule has 4 rings (SSSR count). The molecule has 0 bridgehead atoms. The van der Waals surface area contributed by atoms with Crippen LogP contribution >= 0.6 is 0 Å². The number of hydrogen-bond acceptors (Lipinski definition) is 4. The summed E-state index contributed by atoms with van der Waals surface area (Å²) in [5.41, 5.74) is 2.64. The molecule has 0 radical (unpaired) electrons. The Labute approximate surface area is 146 Å². The topological polar surface area (TPSA) is 47.3 Å². The molecule has 0 saturated carbocycles. The zero-order valence-corrected chi connectivity index (χ0v) is 13.8. The lowest BCUT2D eigenvalue weighted by molar-refractivity contribution is 0.473. The minimum absolute atomic E-state index is 0.0204. The van der Waals surface area contributed by atoms with Gasteiger partial charge in [0.05, 0.1) is 6.04 Å². The molecule has 25 heavy (non-hydrogen) atoms. The minimum atomic E-state index is -0.0204. The number of nitrogens with one attached hydrogen (secondary N) is 1. The summed E-state index contributed by atoms with van der Waals surface area (Å²) < 4.78 is 11.8. The number of fused-ring (bicyclic) bond motifs is 1. The highest BCUT2D eigenvalue weighted by Gasteiger charge is 2.14. The van der Waals surface area contributed by atoms with E-state index in [1.54, 1.807) is 0 Å². The van der Waals surface area contributed by atoms with E-state index in [4.69, 9.17) is 9.15 Å². The van der Waals surface area contributed by atoms with Gasteiger partial charge in [0.1, 0.15) is 17.0 Å². The Morgan fingerprint density at radius 2 is 1.60 bits per heavy atom. The third kappa shape index (κ3) is 3.33. The highest BCUT2D eigenvalue weighted by molar-refractivity contribution is 5.74. The number of benzene rings is 3. The van der Waals surface area contributed by atoms with Gasteiger partial charge in [0.15, 0.2) is 5.58 Å². The molecule has 0 spiro atoms. The standard InChI is InChI=1S/C21H18N2O2/c1-15(22-21-23-18-12-6-8-14-20(18)25-21)17-11-5-7-13-19(17)24-16-9-3-2-4-10-16/h2-15H,1H3,(H,22,23). The molecule has 1 unspecified atom stereocenters. The van der Waals surface area contributed by atoms with Crippen LogP contribution in [0.3, 0.4) is 0 Å². The maximum atomic E-state index is 6.04. The molecule has 1 N–H and O–H groups in total. The smallest absolute Gasteiger partial charge is 0.296 e. The number of aromatic nitrogens is 1. The largest absolute Gasteiger partial charge is 0.457 e. The van der Waals surface area contributed by atoms with Crippen molar-refractivity contribution in [2.75, 3.05) is 5.32 Å². The van der Waals surface area contributed by atoms with E-state index in [9.17, 15) is 0 Å². The quantitative estimate of drug-likeness (QED) is 0.503. The van der Waals surface area contributed by atoms with Gasteiger partial charge in [0, 0.05) is 5.56 Å². The van der Waals surface area contributed by atoms with Crippen molar-refractivity contribution in [3.05, 3.63) is 84.4 Å². The van der Waals surface area contributed by atoms with Crippen molar-refractivity contribution in [1.82, 2.24) is 4.98 Å². The fraction of sp³-hybridized carbons (Fsp3) is 0.0952. The van der Waals surface area contributed by atoms with Gasteiger partial charge in [-0.25, -0.2) is 0 Å². The van der Waals surface area contributed by atoms with E-state index >= 15 is 0 Å². The highest BCUT2D eigenvalue weighted by Crippen LogP contribution is 2.31. The SMILES string of the molecule is CC(Nc1nc2ccccc2o1)c1ccccc1Oc1ccccc1. The van der Waals surface area contributed by atoms with Crippen LogP contribution in [0.15, 0.2) is 83.3 Å². The van der Waals surface area contributed by atoms with E-state index in [0.29, 0.717) is 6.01 Å². The van der Waals surface area contributed by atoms with Crippen LogP contribution in [-0.2, 0) is 0 Å². The lowest BCUT2D eigenvalue weighted by Crippen LogP contribution is -2.08. The number of oxazole rings is 1. The lowest BCUT2D eigenvalue weighted by Gasteiger charge is -2.17. The monoisotopic (exact) mass is 330 g/mol. The van der Waals surface area contributed by atoms with Gasteiger partial charge in [-0.1, -0.05) is 48.5 Å². The Morgan fingerprint density at radius 3 is 2.44 bits per heavy atom. The summed E-state index contributed by atoms with van der Waals surface area (Å²) in [5.74, 6) is 1.62. The summed E-state index contributed by atoms with van der Waals surface area (Å²) in [5, 5.41) is 3.32. The molecule has 124 valence electrons. The van der Waals surface area contributed by atoms with Crippen LogP contribution < -0.4 is 10.1 Å². The molecule has 4 aromatic rings. The number of rotatable bonds is 5. The summed E-state index contributed by atoms with van der Waals surface area (Å²) in [6.07, 6.45) is 0. The molecule has 1 heterocycles. The van der Waals surface area contributed by atoms with Crippen molar-refractivity contribution in [3.63, 3.8) is 0 Å². The molecule has 4 heteroatoms. The summed E-state index contributed by atoms with van der Waals surface area (Å²) in [7, 11) is 0. The van der Waals surface area contributed by atoms with Gasteiger partial charge in [-0.15, -0.1) is 0 Å². The van der Waals surface area contributed by atoms with Gasteiger partial charge in [0.25, 0.3) is 6.01 Å². The first-order chi connectivity index (χ1) is 12.3. The second-order valence-corrected chi connectivity index (χ2v) is 5.81. The Kier molecular flexibility index (Phi) is 4.09. The van der Waals surface area contributed by atoms with Crippen LogP contribution in [0.5, 0.6) is 11.5 Å². The second-order valence-electron chi connectivity index (χ2n) is 5.81. The fourth-order valence-electron chi connectivity index (χ4n) is 2.74. The van der Waals surface area contributed by atoms with Gasteiger partial charge in [-0.2, -0.15) is 4.98 Å². The zero-order chi connectivity index (χ0) is 17.1. The maximum Gasteiger partial charge on any atom is 0.296 e. The van der Waals surface area contributed by atoms with E-state index in [0.717, 1.165) is 28.2 Å². The molecular weight excluding hydrogens is 312 g/mol. The van der Waals surface area contributed by atoms with Crippen molar-refractivity contribution in [1.29, 1.82) is 0 Å². The van der Waals surface area contributed by atoms with Crippen molar-refractivity contribution in [2.45, 2.75) is 13.0 Å². The first kappa shape index (κ1) is 15.3. The molecule has 4 nitrogen and oxygen atoms in total. The van der Waals surface area contributed by atoms with Crippen molar-refractivity contribution in [2.24, 2.45) is 0 Å². The highest BCUT2D eigenvalue weighted by atomic mass is 16.5. The molecule has 0 fully saturated rings. The first-order valence-electron chi connectivity index (χ1n) is 8.23. The van der Waals surface area contributed by atoms with Gasteiger partial charge in [0.2, 0.25) is 0 Å². The molecule has 0 saturated heterocycles. The lowest BCUT2D eigenvalue weighted by atomic mass is 10.1. The average molecular weight is 330 g/mol. The number of ether oxygens (including phenoxy) is 1. The summed E-state index contributed by atoms with van der Waals surface area (Å²) in [6, 6.07) is 25.9. The molecule has 0 aliphatic rings.